The number of hydrogen-bond donors (Lipinski definition) is 0. The zero-order valence-electron chi connectivity index (χ0n) is 15.3. The fourth-order valence-electron chi connectivity index (χ4n) is 2.83. The first-order valence-electron chi connectivity index (χ1n) is 8.51. The van der Waals surface area contributed by atoms with Crippen LogP contribution < -0.4 is 5.56 Å². The highest BCUT2D eigenvalue weighted by Gasteiger charge is 2.13. The van der Waals surface area contributed by atoms with Crippen molar-refractivity contribution in [2.24, 2.45) is 7.05 Å². The lowest BCUT2D eigenvalue weighted by Crippen LogP contribution is -2.20. The normalized spacial score (nSPS) is 11.2. The third kappa shape index (κ3) is 3.50. The third-order valence-corrected chi connectivity index (χ3v) is 5.28. The topological polar surface area (TPSA) is 73.8 Å². The van der Waals surface area contributed by atoms with Gasteiger partial charge in [0.2, 0.25) is 0 Å². The number of hydrogen-bond acceptors (Lipinski definition) is 6. The van der Waals surface area contributed by atoms with E-state index in [0.717, 1.165) is 16.7 Å². The van der Waals surface area contributed by atoms with E-state index in [1.54, 1.807) is 11.6 Å². The van der Waals surface area contributed by atoms with Crippen LogP contribution in [0.1, 0.15) is 17.0 Å². The number of aromatic nitrogens is 4. The maximum atomic E-state index is 12.6. The minimum absolute atomic E-state index is 0.0558. The summed E-state index contributed by atoms with van der Waals surface area (Å²) in [6.45, 7) is 3.98. The van der Waals surface area contributed by atoms with E-state index in [2.05, 4.69) is 15.1 Å². The van der Waals surface area contributed by atoms with Gasteiger partial charge in [-0.25, -0.2) is 4.98 Å². The van der Waals surface area contributed by atoms with Gasteiger partial charge in [-0.1, -0.05) is 46.2 Å². The van der Waals surface area contributed by atoms with E-state index in [1.807, 2.05) is 56.3 Å². The molecule has 0 spiro atoms. The van der Waals surface area contributed by atoms with Crippen molar-refractivity contribution in [2.45, 2.75) is 24.8 Å². The smallest absolute Gasteiger partial charge is 0.261 e. The van der Waals surface area contributed by atoms with Crippen molar-refractivity contribution in [3.05, 3.63) is 69.8 Å². The van der Waals surface area contributed by atoms with Crippen molar-refractivity contribution in [3.8, 4) is 11.5 Å². The monoisotopic (exact) mass is 378 g/mol. The quantitative estimate of drug-likeness (QED) is 0.396. The Labute approximate surface area is 160 Å². The number of aryl methyl sites for hydroxylation is 2. The van der Waals surface area contributed by atoms with E-state index < -0.39 is 0 Å². The van der Waals surface area contributed by atoms with Crippen LogP contribution >= 0.6 is 11.8 Å². The molecule has 0 amide bonds. The zero-order chi connectivity index (χ0) is 19.0. The molecule has 0 saturated carbocycles. The summed E-state index contributed by atoms with van der Waals surface area (Å²) in [6.07, 6.45) is 0. The van der Waals surface area contributed by atoms with Crippen molar-refractivity contribution >= 4 is 22.7 Å². The Balaban J connectivity index is 1.58. The second-order valence-corrected chi connectivity index (χ2v) is 7.40. The first-order valence-corrected chi connectivity index (χ1v) is 9.49. The van der Waals surface area contributed by atoms with Crippen LogP contribution in [0.25, 0.3) is 22.4 Å². The summed E-state index contributed by atoms with van der Waals surface area (Å²) >= 11 is 1.41. The molecule has 0 aliphatic heterocycles. The van der Waals surface area contributed by atoms with Crippen LogP contribution in [0.15, 0.2) is 56.9 Å². The third-order valence-electron chi connectivity index (χ3n) is 4.25. The number of nitrogens with zero attached hydrogens (tertiary/aromatic N) is 4. The van der Waals surface area contributed by atoms with Gasteiger partial charge in [-0.15, -0.1) is 0 Å². The van der Waals surface area contributed by atoms with Gasteiger partial charge in [0.15, 0.2) is 11.0 Å². The molecule has 0 N–H and O–H groups in total. The van der Waals surface area contributed by atoms with Crippen LogP contribution in [0.3, 0.4) is 0 Å². The molecule has 7 heteroatoms. The lowest BCUT2D eigenvalue weighted by atomic mass is 10.1. The molecule has 0 saturated heterocycles. The molecule has 2 aromatic heterocycles. The van der Waals surface area contributed by atoms with Crippen molar-refractivity contribution in [1.29, 1.82) is 0 Å². The van der Waals surface area contributed by atoms with Crippen LogP contribution in [-0.2, 0) is 12.8 Å². The number of rotatable bonds is 4. The molecule has 136 valence electrons. The molecule has 6 nitrogen and oxygen atoms in total. The minimum atomic E-state index is -0.0558. The Morgan fingerprint density at radius 3 is 2.70 bits per heavy atom. The Bertz CT molecular complexity index is 1200. The van der Waals surface area contributed by atoms with Gasteiger partial charge in [-0.2, -0.15) is 4.98 Å². The Morgan fingerprint density at radius 2 is 1.89 bits per heavy atom. The molecular weight excluding hydrogens is 360 g/mol. The molecule has 0 unspecified atom stereocenters. The van der Waals surface area contributed by atoms with E-state index >= 15 is 0 Å². The molecule has 0 fully saturated rings. The van der Waals surface area contributed by atoms with Gasteiger partial charge < -0.3 is 4.52 Å². The van der Waals surface area contributed by atoms with Gasteiger partial charge in [-0.05, 0) is 38.1 Å². The van der Waals surface area contributed by atoms with Gasteiger partial charge in [0, 0.05) is 12.6 Å². The lowest BCUT2D eigenvalue weighted by molar-refractivity contribution is 0.425. The summed E-state index contributed by atoms with van der Waals surface area (Å²) in [5, 5.41) is 5.29. The first kappa shape index (κ1) is 17.5. The molecule has 27 heavy (non-hydrogen) atoms. The minimum Gasteiger partial charge on any atom is -0.334 e. The van der Waals surface area contributed by atoms with Crippen LogP contribution in [0, 0.1) is 13.8 Å². The van der Waals surface area contributed by atoms with Gasteiger partial charge >= 0.3 is 0 Å². The number of benzene rings is 2. The van der Waals surface area contributed by atoms with Gasteiger partial charge in [0.25, 0.3) is 11.4 Å². The maximum absolute atomic E-state index is 12.6. The molecular formula is C20H18N4O2S. The Morgan fingerprint density at radius 1 is 1.07 bits per heavy atom. The fourth-order valence-corrected chi connectivity index (χ4v) is 3.65. The Kier molecular flexibility index (Phi) is 4.53. The van der Waals surface area contributed by atoms with E-state index in [1.165, 1.54) is 11.8 Å². The van der Waals surface area contributed by atoms with Crippen LogP contribution in [0.2, 0.25) is 0 Å². The van der Waals surface area contributed by atoms with E-state index in [9.17, 15) is 4.79 Å². The standard InChI is InChI=1S/C20H18N4O2S/c1-12-5-4-6-14(9-12)18-22-17(23-26-18)11-27-20-21-16-8-7-13(2)10-15(16)19(25)24(20)3/h4-10H,11H2,1-3H3. The maximum Gasteiger partial charge on any atom is 0.261 e. The summed E-state index contributed by atoms with van der Waals surface area (Å²) < 4.78 is 6.93. The van der Waals surface area contributed by atoms with Crippen LogP contribution in [0.5, 0.6) is 0 Å². The van der Waals surface area contributed by atoms with Crippen LogP contribution in [0.4, 0.5) is 0 Å². The molecule has 4 aromatic rings. The zero-order valence-corrected chi connectivity index (χ0v) is 16.1. The second kappa shape index (κ2) is 7.00. The summed E-state index contributed by atoms with van der Waals surface area (Å²) in [7, 11) is 1.73. The van der Waals surface area contributed by atoms with Gasteiger partial charge in [0.05, 0.1) is 16.7 Å². The summed E-state index contributed by atoms with van der Waals surface area (Å²) in [6, 6.07) is 13.6. The number of fused-ring (bicyclic) bond motifs is 1. The Hall–Kier alpha value is -2.93. The predicted octanol–water partition coefficient (Wildman–Crippen LogP) is 3.89. The molecule has 2 heterocycles. The summed E-state index contributed by atoms with van der Waals surface area (Å²) in [4.78, 5) is 21.7. The molecule has 0 bridgehead atoms. The average Bonchev–Trinajstić information content (AvgIpc) is 3.13. The van der Waals surface area contributed by atoms with Gasteiger partial charge in [-0.3, -0.25) is 9.36 Å². The fraction of sp³-hybridized carbons (Fsp3) is 0.200. The molecule has 4 rings (SSSR count). The summed E-state index contributed by atoms with van der Waals surface area (Å²) in [5.74, 6) is 1.52. The van der Waals surface area contributed by atoms with Crippen molar-refractivity contribution in [1.82, 2.24) is 19.7 Å². The van der Waals surface area contributed by atoms with Crippen molar-refractivity contribution in [3.63, 3.8) is 0 Å². The predicted molar refractivity (Wildman–Crippen MR) is 106 cm³/mol. The molecule has 0 radical (unpaired) electrons. The molecule has 0 atom stereocenters. The van der Waals surface area contributed by atoms with Crippen molar-refractivity contribution in [2.75, 3.05) is 0 Å². The number of thioether (sulfide) groups is 1. The second-order valence-electron chi connectivity index (χ2n) is 6.45. The molecule has 0 aliphatic carbocycles. The molecule has 2 aromatic carbocycles. The summed E-state index contributed by atoms with van der Waals surface area (Å²) in [5.41, 5.74) is 3.70. The first-order chi connectivity index (χ1) is 13.0. The average molecular weight is 378 g/mol. The highest BCUT2D eigenvalue weighted by molar-refractivity contribution is 7.98. The van der Waals surface area contributed by atoms with Crippen LogP contribution in [-0.4, -0.2) is 19.7 Å². The van der Waals surface area contributed by atoms with E-state index in [4.69, 9.17) is 4.52 Å². The SMILES string of the molecule is Cc1cccc(-c2nc(CSc3nc4ccc(C)cc4c(=O)n3C)no2)c1. The largest absolute Gasteiger partial charge is 0.334 e. The highest BCUT2D eigenvalue weighted by atomic mass is 32.2. The van der Waals surface area contributed by atoms with Crippen molar-refractivity contribution < 1.29 is 4.52 Å². The molecule has 0 aliphatic rings. The lowest BCUT2D eigenvalue weighted by Gasteiger charge is -2.08. The van der Waals surface area contributed by atoms with E-state index in [-0.39, 0.29) is 5.56 Å². The van der Waals surface area contributed by atoms with Gasteiger partial charge in [0.1, 0.15) is 0 Å². The highest BCUT2D eigenvalue weighted by Crippen LogP contribution is 2.23. The van der Waals surface area contributed by atoms with E-state index in [0.29, 0.717) is 33.5 Å².